The van der Waals surface area contributed by atoms with Crippen LogP contribution >= 0.6 is 11.6 Å². The Hall–Kier alpha value is -1.26. The Morgan fingerprint density at radius 1 is 1.29 bits per heavy atom. The molecule has 0 radical (unpaired) electrons. The molecule has 0 unspecified atom stereocenters. The molecule has 94 valence electrons. The molecule has 17 heavy (non-hydrogen) atoms. The third kappa shape index (κ3) is 6.14. The van der Waals surface area contributed by atoms with E-state index in [1.807, 2.05) is 0 Å². The number of halogens is 1. The van der Waals surface area contributed by atoms with Crippen molar-refractivity contribution in [3.63, 3.8) is 0 Å². The van der Waals surface area contributed by atoms with Crippen LogP contribution in [0, 0.1) is 0 Å². The maximum Gasteiger partial charge on any atom is 0.319 e. The first kappa shape index (κ1) is 13.8. The number of nitrogens with one attached hydrogen (secondary N) is 2. The van der Waals surface area contributed by atoms with E-state index in [0.717, 1.165) is 19.3 Å². The van der Waals surface area contributed by atoms with Gasteiger partial charge in [-0.05, 0) is 37.6 Å². The number of benzene rings is 1. The summed E-state index contributed by atoms with van der Waals surface area (Å²) in [4.78, 5) is 11.5. The van der Waals surface area contributed by atoms with Gasteiger partial charge in [0, 0.05) is 17.3 Å². The van der Waals surface area contributed by atoms with Gasteiger partial charge in [-0.1, -0.05) is 24.1 Å². The zero-order valence-electron chi connectivity index (χ0n) is 9.71. The van der Waals surface area contributed by atoms with Crippen molar-refractivity contribution >= 4 is 23.3 Å². The van der Waals surface area contributed by atoms with E-state index in [0.29, 0.717) is 23.8 Å². The SMILES string of the molecule is NCCCCCNC(=O)Nc1cccc(Cl)c1. The topological polar surface area (TPSA) is 67.1 Å². The van der Waals surface area contributed by atoms with Crippen molar-refractivity contribution in [2.24, 2.45) is 5.73 Å². The predicted octanol–water partition coefficient (Wildman–Crippen LogP) is 2.59. The number of hydrogen-bond donors (Lipinski definition) is 3. The van der Waals surface area contributed by atoms with Crippen LogP contribution in [0.3, 0.4) is 0 Å². The number of rotatable bonds is 6. The van der Waals surface area contributed by atoms with Crippen molar-refractivity contribution in [3.05, 3.63) is 29.3 Å². The van der Waals surface area contributed by atoms with E-state index >= 15 is 0 Å². The summed E-state index contributed by atoms with van der Waals surface area (Å²) < 4.78 is 0. The van der Waals surface area contributed by atoms with Gasteiger partial charge in [-0.25, -0.2) is 4.79 Å². The van der Waals surface area contributed by atoms with Crippen LogP contribution in [0.4, 0.5) is 10.5 Å². The molecule has 5 heteroatoms. The van der Waals surface area contributed by atoms with Crippen LogP contribution in [-0.2, 0) is 0 Å². The number of nitrogens with two attached hydrogens (primary N) is 1. The van der Waals surface area contributed by atoms with Crippen molar-refractivity contribution in [2.75, 3.05) is 18.4 Å². The third-order valence-electron chi connectivity index (χ3n) is 2.25. The Kier molecular flexibility index (Phi) is 6.43. The van der Waals surface area contributed by atoms with Crippen molar-refractivity contribution in [1.29, 1.82) is 0 Å². The molecule has 0 atom stereocenters. The van der Waals surface area contributed by atoms with E-state index in [-0.39, 0.29) is 6.03 Å². The minimum Gasteiger partial charge on any atom is -0.338 e. The van der Waals surface area contributed by atoms with Crippen molar-refractivity contribution < 1.29 is 4.79 Å². The Morgan fingerprint density at radius 3 is 2.82 bits per heavy atom. The number of carbonyl (C=O) groups is 1. The lowest BCUT2D eigenvalue weighted by atomic mass is 10.2. The highest BCUT2D eigenvalue weighted by molar-refractivity contribution is 6.30. The lowest BCUT2D eigenvalue weighted by Crippen LogP contribution is -2.29. The summed E-state index contributed by atoms with van der Waals surface area (Å²) in [5.41, 5.74) is 6.07. The standard InChI is InChI=1S/C12H18ClN3O/c13-10-5-4-6-11(9-10)16-12(17)15-8-3-1-2-7-14/h4-6,9H,1-3,7-8,14H2,(H2,15,16,17). The molecule has 0 saturated heterocycles. The van der Waals surface area contributed by atoms with E-state index in [9.17, 15) is 4.79 Å². The Morgan fingerprint density at radius 2 is 2.12 bits per heavy atom. The molecule has 1 aromatic rings. The molecule has 0 aliphatic heterocycles. The molecule has 0 aromatic heterocycles. The van der Waals surface area contributed by atoms with Crippen LogP contribution in [0.25, 0.3) is 0 Å². The quantitative estimate of drug-likeness (QED) is 0.684. The molecule has 0 saturated carbocycles. The van der Waals surface area contributed by atoms with E-state index in [1.165, 1.54) is 0 Å². The van der Waals surface area contributed by atoms with Crippen molar-refractivity contribution in [1.82, 2.24) is 5.32 Å². The first-order valence-corrected chi connectivity index (χ1v) is 6.10. The molecule has 4 nitrogen and oxygen atoms in total. The molecule has 2 amide bonds. The molecule has 0 aliphatic rings. The minimum atomic E-state index is -0.208. The third-order valence-corrected chi connectivity index (χ3v) is 2.48. The maximum atomic E-state index is 11.5. The van der Waals surface area contributed by atoms with Gasteiger partial charge in [-0.2, -0.15) is 0 Å². The van der Waals surface area contributed by atoms with Gasteiger partial charge >= 0.3 is 6.03 Å². The molecule has 1 rings (SSSR count). The summed E-state index contributed by atoms with van der Waals surface area (Å²) in [5.74, 6) is 0. The lowest BCUT2D eigenvalue weighted by molar-refractivity contribution is 0.252. The van der Waals surface area contributed by atoms with Crippen molar-refractivity contribution in [3.8, 4) is 0 Å². The number of anilines is 1. The second-order valence-corrected chi connectivity index (χ2v) is 4.18. The van der Waals surface area contributed by atoms with Crippen LogP contribution in [0.1, 0.15) is 19.3 Å². The molecule has 0 fully saturated rings. The van der Waals surface area contributed by atoms with Crippen LogP contribution < -0.4 is 16.4 Å². The number of urea groups is 1. The molecule has 0 heterocycles. The first-order valence-electron chi connectivity index (χ1n) is 5.73. The molecule has 0 spiro atoms. The van der Waals surface area contributed by atoms with Crippen LogP contribution in [0.15, 0.2) is 24.3 Å². The van der Waals surface area contributed by atoms with E-state index < -0.39 is 0 Å². The van der Waals surface area contributed by atoms with Crippen LogP contribution in [0.2, 0.25) is 5.02 Å². The maximum absolute atomic E-state index is 11.5. The van der Waals surface area contributed by atoms with Gasteiger partial charge in [0.2, 0.25) is 0 Å². The normalized spacial score (nSPS) is 10.0. The largest absolute Gasteiger partial charge is 0.338 e. The summed E-state index contributed by atoms with van der Waals surface area (Å²) in [7, 11) is 0. The molecule has 4 N–H and O–H groups in total. The second kappa shape index (κ2) is 7.92. The summed E-state index contributed by atoms with van der Waals surface area (Å²) in [6, 6.07) is 6.84. The number of hydrogen-bond acceptors (Lipinski definition) is 2. The zero-order chi connectivity index (χ0) is 12.5. The van der Waals surface area contributed by atoms with Gasteiger partial charge < -0.3 is 16.4 Å². The highest BCUT2D eigenvalue weighted by atomic mass is 35.5. The van der Waals surface area contributed by atoms with Gasteiger partial charge in [0.25, 0.3) is 0 Å². The van der Waals surface area contributed by atoms with Crippen LogP contribution in [-0.4, -0.2) is 19.1 Å². The van der Waals surface area contributed by atoms with Gasteiger partial charge in [0.05, 0.1) is 0 Å². The smallest absolute Gasteiger partial charge is 0.319 e. The fraction of sp³-hybridized carbons (Fsp3) is 0.417. The summed E-state index contributed by atoms with van der Waals surface area (Å²) >= 11 is 5.81. The Balaban J connectivity index is 2.21. The van der Waals surface area contributed by atoms with E-state index in [4.69, 9.17) is 17.3 Å². The zero-order valence-corrected chi connectivity index (χ0v) is 10.5. The minimum absolute atomic E-state index is 0.208. The van der Waals surface area contributed by atoms with Crippen molar-refractivity contribution in [2.45, 2.75) is 19.3 Å². The van der Waals surface area contributed by atoms with Gasteiger partial charge in [0.15, 0.2) is 0 Å². The fourth-order valence-corrected chi connectivity index (χ4v) is 1.58. The number of unbranched alkanes of at least 4 members (excludes halogenated alkanes) is 2. The summed E-state index contributed by atoms with van der Waals surface area (Å²) in [6.07, 6.45) is 2.98. The summed E-state index contributed by atoms with van der Waals surface area (Å²) in [5, 5.41) is 6.09. The average molecular weight is 256 g/mol. The lowest BCUT2D eigenvalue weighted by Gasteiger charge is -2.07. The number of amides is 2. The number of carbonyl (C=O) groups excluding carboxylic acids is 1. The molecule has 0 aliphatic carbocycles. The average Bonchev–Trinajstić information content (AvgIpc) is 2.29. The van der Waals surface area contributed by atoms with Crippen LogP contribution in [0.5, 0.6) is 0 Å². The summed E-state index contributed by atoms with van der Waals surface area (Å²) in [6.45, 7) is 1.36. The van der Waals surface area contributed by atoms with Gasteiger partial charge in [-0.15, -0.1) is 0 Å². The first-order chi connectivity index (χ1) is 8.22. The second-order valence-electron chi connectivity index (χ2n) is 3.74. The Labute approximate surface area is 107 Å². The fourth-order valence-electron chi connectivity index (χ4n) is 1.39. The molecule has 1 aromatic carbocycles. The van der Waals surface area contributed by atoms with E-state index in [1.54, 1.807) is 24.3 Å². The predicted molar refractivity (Wildman–Crippen MR) is 71.4 cm³/mol. The van der Waals surface area contributed by atoms with Gasteiger partial charge in [-0.3, -0.25) is 0 Å². The molecular formula is C12H18ClN3O. The monoisotopic (exact) mass is 255 g/mol. The van der Waals surface area contributed by atoms with Gasteiger partial charge in [0.1, 0.15) is 0 Å². The highest BCUT2D eigenvalue weighted by Crippen LogP contribution is 2.14. The highest BCUT2D eigenvalue weighted by Gasteiger charge is 2.00. The Bertz CT molecular complexity index is 357. The molecular weight excluding hydrogens is 238 g/mol. The molecule has 0 bridgehead atoms. The van der Waals surface area contributed by atoms with E-state index in [2.05, 4.69) is 10.6 Å².